The second-order valence-electron chi connectivity index (χ2n) is 5.23. The van der Waals surface area contributed by atoms with Crippen molar-refractivity contribution < 1.29 is 14.4 Å². The number of amides is 2. The van der Waals surface area contributed by atoms with E-state index in [1.807, 2.05) is 19.1 Å². The van der Waals surface area contributed by atoms with Crippen LogP contribution in [0.15, 0.2) is 52.1 Å². The largest absolute Gasteiger partial charge is 0.399 e. The van der Waals surface area contributed by atoms with Crippen molar-refractivity contribution in [1.82, 2.24) is 5.32 Å². The van der Waals surface area contributed by atoms with E-state index in [9.17, 15) is 9.59 Å². The number of halogens is 1. The van der Waals surface area contributed by atoms with Crippen LogP contribution < -0.4 is 10.6 Å². The molecule has 0 saturated carbocycles. The van der Waals surface area contributed by atoms with Gasteiger partial charge in [0.05, 0.1) is 12.8 Å². The van der Waals surface area contributed by atoms with Crippen molar-refractivity contribution in [3.05, 3.63) is 63.6 Å². The van der Waals surface area contributed by atoms with Gasteiger partial charge in [-0.2, -0.15) is 0 Å². The molecule has 0 unspecified atom stereocenters. The SMILES string of the molecule is CO/N=C/c1ccc(C(=O)NCC(=O)Nc2ccc(Br)cc2C)cc1. The Labute approximate surface area is 154 Å². The van der Waals surface area contributed by atoms with Crippen molar-refractivity contribution in [2.45, 2.75) is 6.92 Å². The van der Waals surface area contributed by atoms with Crippen molar-refractivity contribution in [2.75, 3.05) is 19.0 Å². The number of carbonyl (C=O) groups is 2. The van der Waals surface area contributed by atoms with E-state index in [4.69, 9.17) is 0 Å². The first-order valence-electron chi connectivity index (χ1n) is 7.50. The summed E-state index contributed by atoms with van der Waals surface area (Å²) in [6, 6.07) is 12.3. The van der Waals surface area contributed by atoms with E-state index in [0.717, 1.165) is 15.6 Å². The van der Waals surface area contributed by atoms with E-state index in [1.165, 1.54) is 13.3 Å². The number of aryl methyl sites for hydroxylation is 1. The molecule has 25 heavy (non-hydrogen) atoms. The minimum atomic E-state index is -0.321. The van der Waals surface area contributed by atoms with Gasteiger partial charge >= 0.3 is 0 Å². The fourth-order valence-corrected chi connectivity index (χ4v) is 2.53. The van der Waals surface area contributed by atoms with E-state index in [2.05, 4.69) is 36.6 Å². The van der Waals surface area contributed by atoms with Gasteiger partial charge in [0.1, 0.15) is 7.11 Å². The maximum absolute atomic E-state index is 12.1. The van der Waals surface area contributed by atoms with Crippen LogP contribution in [0.5, 0.6) is 0 Å². The maximum Gasteiger partial charge on any atom is 0.251 e. The lowest BCUT2D eigenvalue weighted by Crippen LogP contribution is -2.33. The Kier molecular flexibility index (Phi) is 6.71. The maximum atomic E-state index is 12.1. The monoisotopic (exact) mass is 403 g/mol. The topological polar surface area (TPSA) is 79.8 Å². The van der Waals surface area contributed by atoms with Crippen LogP contribution in [0.1, 0.15) is 21.5 Å². The molecule has 0 aliphatic carbocycles. The molecular weight excluding hydrogens is 386 g/mol. The average Bonchev–Trinajstić information content (AvgIpc) is 2.60. The highest BCUT2D eigenvalue weighted by Crippen LogP contribution is 2.19. The van der Waals surface area contributed by atoms with Gasteiger partial charge in [-0.05, 0) is 48.4 Å². The summed E-state index contributed by atoms with van der Waals surface area (Å²) in [4.78, 5) is 28.7. The van der Waals surface area contributed by atoms with Crippen molar-refractivity contribution in [2.24, 2.45) is 5.16 Å². The Morgan fingerprint density at radius 1 is 1.20 bits per heavy atom. The highest BCUT2D eigenvalue weighted by molar-refractivity contribution is 9.10. The van der Waals surface area contributed by atoms with Crippen molar-refractivity contribution in [3.63, 3.8) is 0 Å². The van der Waals surface area contributed by atoms with Gasteiger partial charge in [-0.25, -0.2) is 0 Å². The van der Waals surface area contributed by atoms with Crippen molar-refractivity contribution >= 4 is 39.6 Å². The van der Waals surface area contributed by atoms with Crippen LogP contribution >= 0.6 is 15.9 Å². The zero-order valence-electron chi connectivity index (χ0n) is 13.9. The highest BCUT2D eigenvalue weighted by atomic mass is 79.9. The molecule has 0 heterocycles. The molecule has 0 bridgehead atoms. The molecule has 2 aromatic carbocycles. The number of hydrogen-bond acceptors (Lipinski definition) is 4. The second kappa shape index (κ2) is 8.98. The molecule has 0 aliphatic heterocycles. The van der Waals surface area contributed by atoms with E-state index >= 15 is 0 Å². The number of hydrogen-bond donors (Lipinski definition) is 2. The van der Waals surface area contributed by atoms with Crippen LogP contribution in [0.3, 0.4) is 0 Å². The van der Waals surface area contributed by atoms with Gasteiger partial charge in [-0.15, -0.1) is 0 Å². The number of oxime groups is 1. The van der Waals surface area contributed by atoms with Crippen LogP contribution in [-0.4, -0.2) is 31.7 Å². The van der Waals surface area contributed by atoms with E-state index < -0.39 is 0 Å². The third-order valence-corrected chi connectivity index (χ3v) is 3.85. The number of nitrogens with zero attached hydrogens (tertiary/aromatic N) is 1. The molecule has 0 atom stereocenters. The van der Waals surface area contributed by atoms with Crippen LogP contribution in [-0.2, 0) is 9.63 Å². The molecule has 2 aromatic rings. The molecule has 2 N–H and O–H groups in total. The summed E-state index contributed by atoms with van der Waals surface area (Å²) < 4.78 is 0.940. The molecule has 6 nitrogen and oxygen atoms in total. The van der Waals surface area contributed by atoms with E-state index in [-0.39, 0.29) is 18.4 Å². The lowest BCUT2D eigenvalue weighted by atomic mass is 10.1. The zero-order chi connectivity index (χ0) is 18.2. The molecule has 130 valence electrons. The fourth-order valence-electron chi connectivity index (χ4n) is 2.06. The summed E-state index contributed by atoms with van der Waals surface area (Å²) in [7, 11) is 1.46. The highest BCUT2D eigenvalue weighted by Gasteiger charge is 2.09. The fraction of sp³-hybridized carbons (Fsp3) is 0.167. The Hall–Kier alpha value is -2.67. The summed E-state index contributed by atoms with van der Waals surface area (Å²) in [5, 5.41) is 9.01. The molecule has 2 rings (SSSR count). The lowest BCUT2D eigenvalue weighted by Gasteiger charge is -2.09. The molecule has 0 aromatic heterocycles. The number of nitrogens with one attached hydrogen (secondary N) is 2. The predicted molar refractivity (Wildman–Crippen MR) is 101 cm³/mol. The van der Waals surface area contributed by atoms with Crippen molar-refractivity contribution in [3.8, 4) is 0 Å². The average molecular weight is 404 g/mol. The smallest absolute Gasteiger partial charge is 0.251 e. The van der Waals surface area contributed by atoms with Gasteiger partial charge in [0.2, 0.25) is 5.91 Å². The summed E-state index contributed by atoms with van der Waals surface area (Å²) in [5.41, 5.74) is 2.91. The molecule has 0 fully saturated rings. The summed E-state index contributed by atoms with van der Waals surface area (Å²) >= 11 is 3.37. The van der Waals surface area contributed by atoms with Gasteiger partial charge < -0.3 is 15.5 Å². The van der Waals surface area contributed by atoms with Crippen LogP contribution in [0, 0.1) is 6.92 Å². The Balaban J connectivity index is 1.88. The molecule has 0 saturated heterocycles. The first kappa shape index (κ1) is 18.7. The molecule has 0 aliphatic rings. The van der Waals surface area contributed by atoms with Crippen LogP contribution in [0.2, 0.25) is 0 Å². The number of rotatable bonds is 6. The summed E-state index contributed by atoms with van der Waals surface area (Å²) in [5.74, 6) is -0.611. The number of benzene rings is 2. The Bertz CT molecular complexity index is 789. The second-order valence-corrected chi connectivity index (χ2v) is 6.14. The summed E-state index contributed by atoms with van der Waals surface area (Å²) in [6.45, 7) is 1.79. The summed E-state index contributed by atoms with van der Waals surface area (Å²) in [6.07, 6.45) is 1.54. The molecular formula is C18H18BrN3O3. The molecule has 2 amide bonds. The van der Waals surface area contributed by atoms with Crippen molar-refractivity contribution in [1.29, 1.82) is 0 Å². The van der Waals surface area contributed by atoms with Gasteiger partial charge in [-0.1, -0.05) is 33.2 Å². The molecule has 7 heteroatoms. The van der Waals surface area contributed by atoms with Gasteiger partial charge in [0, 0.05) is 15.7 Å². The number of carbonyl (C=O) groups excluding carboxylic acids is 2. The first-order valence-corrected chi connectivity index (χ1v) is 8.29. The quantitative estimate of drug-likeness (QED) is 0.574. The third kappa shape index (κ3) is 5.72. The van der Waals surface area contributed by atoms with Crippen LogP contribution in [0.25, 0.3) is 0 Å². The Morgan fingerprint density at radius 3 is 2.56 bits per heavy atom. The van der Waals surface area contributed by atoms with Gasteiger partial charge in [-0.3, -0.25) is 9.59 Å². The normalized spacial score (nSPS) is 10.5. The molecule has 0 spiro atoms. The van der Waals surface area contributed by atoms with Gasteiger partial charge in [0.25, 0.3) is 5.91 Å². The zero-order valence-corrected chi connectivity index (χ0v) is 15.5. The molecule has 0 radical (unpaired) electrons. The Morgan fingerprint density at radius 2 is 1.92 bits per heavy atom. The third-order valence-electron chi connectivity index (χ3n) is 3.35. The number of anilines is 1. The van der Waals surface area contributed by atoms with Gasteiger partial charge in [0.15, 0.2) is 0 Å². The predicted octanol–water partition coefficient (Wildman–Crippen LogP) is 3.11. The van der Waals surface area contributed by atoms with E-state index in [0.29, 0.717) is 11.3 Å². The standard InChI is InChI=1S/C18H18BrN3O3/c1-12-9-15(19)7-8-16(12)22-17(23)11-20-18(24)14-5-3-13(4-6-14)10-21-25-2/h3-10H,11H2,1-2H3,(H,20,24)(H,22,23)/b21-10+. The minimum Gasteiger partial charge on any atom is -0.399 e. The first-order chi connectivity index (χ1) is 12.0. The minimum absolute atomic E-state index is 0.110. The lowest BCUT2D eigenvalue weighted by molar-refractivity contribution is -0.115. The van der Waals surface area contributed by atoms with E-state index in [1.54, 1.807) is 30.3 Å². The van der Waals surface area contributed by atoms with Crippen LogP contribution in [0.4, 0.5) is 5.69 Å².